The van der Waals surface area contributed by atoms with E-state index < -0.39 is 147 Å². The van der Waals surface area contributed by atoms with Crippen LogP contribution in [-0.2, 0) is 57.5 Å². The van der Waals surface area contributed by atoms with Gasteiger partial charge in [0.2, 0.25) is 0 Å². The molecule has 0 spiro atoms. The van der Waals surface area contributed by atoms with Crippen LogP contribution in [0.3, 0.4) is 0 Å². The molecule has 0 aromatic heterocycles. The molecule has 12 N–H and O–H groups in total. The highest BCUT2D eigenvalue weighted by atomic mass is 16.5. The van der Waals surface area contributed by atoms with Gasteiger partial charge in [-0.2, -0.15) is 0 Å². The Morgan fingerprint density at radius 1 is 0.213 bits per heavy atom. The van der Waals surface area contributed by atoms with Crippen molar-refractivity contribution in [3.63, 3.8) is 0 Å². The Kier molecular flexibility index (Phi) is 25.0. The van der Waals surface area contributed by atoms with E-state index in [9.17, 15) is 88.2 Å². The van der Waals surface area contributed by atoms with Crippen molar-refractivity contribution in [2.45, 2.75) is 36.3 Å². The van der Waals surface area contributed by atoms with Gasteiger partial charge in [0.1, 0.15) is 0 Å². The van der Waals surface area contributed by atoms with E-state index in [-0.39, 0.29) is 100 Å². The minimum atomic E-state index is -1.61. The smallest absolute Gasteiger partial charge is 0.330 e. The fraction of sp³-hybridized carbons (Fsp3) is 0.154. The first-order chi connectivity index (χ1) is 52.0. The molecule has 10 aromatic rings. The number of carbonyl (C=O) groups excluding carboxylic acids is 6. The number of carboxylic acid groups (broad SMARTS) is 6. The molecule has 0 bridgehead atoms. The molecule has 6 amide bonds. The van der Waals surface area contributed by atoms with Crippen LogP contribution in [0.2, 0.25) is 0 Å². The molecule has 6 unspecified atom stereocenters. The van der Waals surface area contributed by atoms with Crippen LogP contribution in [0.1, 0.15) is 69.6 Å². The summed E-state index contributed by atoms with van der Waals surface area (Å²) in [6, 6.07) is 43.8. The third kappa shape index (κ3) is 19.6. The van der Waals surface area contributed by atoms with Crippen molar-refractivity contribution in [2.75, 3.05) is 39.6 Å². The largest absolute Gasteiger partial charge is 0.480 e. The number of carbonyl (C=O) groups is 12. The lowest BCUT2D eigenvalue weighted by Gasteiger charge is -2.21. The minimum Gasteiger partial charge on any atom is -0.480 e. The highest BCUT2D eigenvalue weighted by Gasteiger charge is 2.31. The normalized spacial score (nSPS) is 12.6. The van der Waals surface area contributed by atoms with E-state index in [0.717, 1.165) is 0 Å². The Morgan fingerprint density at radius 2 is 0.333 bits per heavy atom. The molecule has 0 aliphatic heterocycles. The van der Waals surface area contributed by atoms with Gasteiger partial charge in [0.15, 0.2) is 110 Å². The van der Waals surface area contributed by atoms with E-state index in [1.54, 1.807) is 109 Å². The van der Waals surface area contributed by atoms with E-state index in [2.05, 4.69) is 31.9 Å². The Balaban J connectivity index is 1.17. The summed E-state index contributed by atoms with van der Waals surface area (Å²) < 4.78 is 37.1. The maximum Gasteiger partial charge on any atom is 0.330 e. The predicted octanol–water partition coefficient (Wildman–Crippen LogP) is 7.07. The molecule has 10 aromatic carbocycles. The Morgan fingerprint density at radius 3 is 0.444 bits per heavy atom. The molecule has 0 radical (unpaired) electrons. The molecule has 0 heterocycles. The summed E-state index contributed by atoms with van der Waals surface area (Å²) in [7, 11) is 0. The first kappa shape index (κ1) is 76.1. The van der Waals surface area contributed by atoms with Crippen LogP contribution in [0.5, 0.6) is 34.5 Å². The maximum absolute atomic E-state index is 14.0. The van der Waals surface area contributed by atoms with Crippen LogP contribution in [0.25, 0.3) is 32.3 Å². The summed E-state index contributed by atoms with van der Waals surface area (Å²) in [5, 5.41) is 76.3. The summed E-state index contributed by atoms with van der Waals surface area (Å²) in [4.78, 5) is 160. The van der Waals surface area contributed by atoms with Crippen LogP contribution >= 0.6 is 0 Å². The number of benzene rings is 10. The van der Waals surface area contributed by atoms with Gasteiger partial charge in [-0.3, -0.25) is 28.8 Å². The average Bonchev–Trinajstić information content (AvgIpc) is 0.724. The number of fused-ring (bicyclic) bond motifs is 6. The molecule has 10 rings (SSSR count). The second-order valence-corrected chi connectivity index (χ2v) is 23.8. The second kappa shape index (κ2) is 35.5. The van der Waals surface area contributed by atoms with Gasteiger partial charge in [-0.05, 0) is 102 Å². The van der Waals surface area contributed by atoms with E-state index in [4.69, 9.17) is 28.4 Å². The number of ether oxygens (including phenoxy) is 6. The van der Waals surface area contributed by atoms with Gasteiger partial charge in [-0.25, -0.2) is 28.8 Å². The highest BCUT2D eigenvalue weighted by Crippen LogP contribution is 2.47. The standard InChI is InChI=1S/C78H66N6O24/c85-61(79-67(73(91)92)43-19-7-1-8-20-43)37-103-55-31-49-50(32-56(55)104-38-62(86)80-68(74(93)94)44-21-9-2-10-22-44)52-34-58(106-40-64(88)82-70(76(97)98)46-25-13-4-14-26-46)60(108-42-66(90)84-72(78(101)102)48-29-17-6-18-30-48)36-54(52)53-35-59(107-41-65(89)83-71(77(99)100)47-27-15-5-16-28-47)57(33-51(49)53)105-39-63(87)81-69(75(95)96)45-23-11-3-12-24-45/h1-36,67-72H,37-42H2,(H,79,85)(H,80,86)(H,81,87)(H,82,88)(H,83,89)(H,84,90)(H,91,92)(H,93,94)(H,95,96)(H,97,98)(H,99,100)(H,101,102). The van der Waals surface area contributed by atoms with Crippen molar-refractivity contribution in [2.24, 2.45) is 0 Å². The Labute approximate surface area is 611 Å². The van der Waals surface area contributed by atoms with Crippen molar-refractivity contribution in [1.29, 1.82) is 0 Å². The number of hydrogen-bond acceptors (Lipinski definition) is 18. The molecule has 6 atom stereocenters. The van der Waals surface area contributed by atoms with Crippen molar-refractivity contribution in [1.82, 2.24) is 31.9 Å². The SMILES string of the molecule is O=C(COc1cc2c3cc(OCC(=O)NC(C(=O)O)c4ccccc4)c(OCC(=O)NC(C(=O)O)c4ccccc4)cc3c3cc(OCC(=O)NC(C(=O)O)c4ccccc4)c(OCC(=O)NC(C(=O)O)c4ccccc4)cc3c2cc1OCC(=O)NC(C(=O)O)c1ccccc1)NC(C(=O)O)c1ccccc1. The number of aliphatic carboxylic acids is 6. The monoisotopic (exact) mass is 1470 g/mol. The number of amides is 6. The lowest BCUT2D eigenvalue weighted by molar-refractivity contribution is -0.142. The molecule has 0 aliphatic carbocycles. The first-order valence-corrected chi connectivity index (χ1v) is 32.7. The summed E-state index contributed by atoms with van der Waals surface area (Å²) in [6.45, 7) is -5.82. The third-order valence-electron chi connectivity index (χ3n) is 16.4. The van der Waals surface area contributed by atoms with Crippen LogP contribution in [0.15, 0.2) is 218 Å². The lowest BCUT2D eigenvalue weighted by atomic mass is 9.93. The van der Waals surface area contributed by atoms with Crippen LogP contribution in [-0.4, -0.2) is 142 Å². The highest BCUT2D eigenvalue weighted by molar-refractivity contribution is 6.27. The van der Waals surface area contributed by atoms with Gasteiger partial charge in [-0.15, -0.1) is 0 Å². The van der Waals surface area contributed by atoms with Crippen molar-refractivity contribution in [3.05, 3.63) is 252 Å². The van der Waals surface area contributed by atoms with Crippen molar-refractivity contribution in [3.8, 4) is 34.5 Å². The first-order valence-electron chi connectivity index (χ1n) is 32.7. The van der Waals surface area contributed by atoms with Gasteiger partial charge < -0.3 is 91.0 Å². The topological polar surface area (TPSA) is 454 Å². The zero-order valence-corrected chi connectivity index (χ0v) is 56.5. The Bertz CT molecular complexity index is 4190. The lowest BCUT2D eigenvalue weighted by Crippen LogP contribution is -2.37. The molecular formula is C78H66N6O24. The number of rotatable bonds is 36. The minimum absolute atomic E-state index is 0.0534. The van der Waals surface area contributed by atoms with E-state index in [1.165, 1.54) is 109 Å². The zero-order valence-electron chi connectivity index (χ0n) is 56.5. The van der Waals surface area contributed by atoms with Crippen molar-refractivity contribution >= 4 is 104 Å². The van der Waals surface area contributed by atoms with Gasteiger partial charge in [0.25, 0.3) is 35.4 Å². The average molecular weight is 1470 g/mol. The zero-order chi connectivity index (χ0) is 77.0. The molecular weight excluding hydrogens is 1400 g/mol. The van der Waals surface area contributed by atoms with Crippen LogP contribution in [0, 0.1) is 0 Å². The molecule has 0 aliphatic rings. The molecule has 552 valence electrons. The number of carboxylic acids is 6. The predicted molar refractivity (Wildman–Crippen MR) is 382 cm³/mol. The fourth-order valence-corrected chi connectivity index (χ4v) is 11.4. The van der Waals surface area contributed by atoms with Crippen LogP contribution < -0.4 is 60.3 Å². The number of nitrogens with one attached hydrogen (secondary N) is 6. The molecule has 0 saturated heterocycles. The number of hydrogen-bond donors (Lipinski definition) is 12. The Hall–Kier alpha value is -14.6. The molecule has 30 nitrogen and oxygen atoms in total. The van der Waals surface area contributed by atoms with E-state index in [1.807, 2.05) is 0 Å². The quantitative estimate of drug-likeness (QED) is 0.0175. The summed E-state index contributed by atoms with van der Waals surface area (Å²) >= 11 is 0. The summed E-state index contributed by atoms with van der Waals surface area (Å²) in [6.07, 6.45) is 0. The van der Waals surface area contributed by atoms with Gasteiger partial charge in [-0.1, -0.05) is 182 Å². The molecule has 108 heavy (non-hydrogen) atoms. The second-order valence-electron chi connectivity index (χ2n) is 23.8. The summed E-state index contributed by atoms with van der Waals surface area (Å²) in [5.41, 5.74) is 1.05. The maximum atomic E-state index is 14.0. The summed E-state index contributed by atoms with van der Waals surface area (Å²) in [5.74, 6) is -17.0. The van der Waals surface area contributed by atoms with Crippen LogP contribution in [0.4, 0.5) is 0 Å². The van der Waals surface area contributed by atoms with Gasteiger partial charge in [0.05, 0.1) is 0 Å². The fourth-order valence-electron chi connectivity index (χ4n) is 11.4. The molecule has 0 fully saturated rings. The van der Waals surface area contributed by atoms with E-state index in [0.29, 0.717) is 0 Å². The molecule has 30 heteroatoms. The van der Waals surface area contributed by atoms with Gasteiger partial charge >= 0.3 is 35.8 Å². The van der Waals surface area contributed by atoms with Crippen molar-refractivity contribution < 1.29 is 117 Å². The van der Waals surface area contributed by atoms with Gasteiger partial charge in [0, 0.05) is 0 Å². The van der Waals surface area contributed by atoms with E-state index >= 15 is 0 Å². The molecule has 0 saturated carbocycles. The third-order valence-corrected chi connectivity index (χ3v) is 16.4.